The Morgan fingerprint density at radius 1 is 0.976 bits per heavy atom. The number of methoxy groups -OCH3 is 2. The summed E-state index contributed by atoms with van der Waals surface area (Å²) in [6, 6.07) is 5.43. The zero-order chi connectivity index (χ0) is 31.0. The Bertz CT molecular complexity index is 1160. The fraction of sp³-hybridized carbons (Fsp3) is 0.688. The number of hydrogen-bond acceptors (Lipinski definition) is 9. The molecule has 0 aliphatic rings. The van der Waals surface area contributed by atoms with E-state index in [9.17, 15) is 14.7 Å². The SMILES string of the molecule is COCCCOc1cc(C[C@@H](C[C@H](N)[C@@H](O)CNc2c(NC(C)(C)CC(C)(C)C)c(=O)c2=O)C(C)C)ccc1OC. The molecular formula is C32H53N3O6. The Balaban J connectivity index is 2.02. The summed E-state index contributed by atoms with van der Waals surface area (Å²) in [6.07, 6.45) is 2.04. The molecule has 0 aliphatic heterocycles. The average molecular weight is 576 g/mol. The quantitative estimate of drug-likeness (QED) is 0.151. The van der Waals surface area contributed by atoms with Crippen molar-refractivity contribution < 1.29 is 19.3 Å². The van der Waals surface area contributed by atoms with Gasteiger partial charge in [-0.05, 0) is 68.1 Å². The Hall–Kier alpha value is -2.62. The molecule has 0 aromatic heterocycles. The second-order valence-electron chi connectivity index (χ2n) is 13.4. The van der Waals surface area contributed by atoms with Gasteiger partial charge in [0.25, 0.3) is 10.9 Å². The Labute approximate surface area is 245 Å². The highest BCUT2D eigenvalue weighted by Crippen LogP contribution is 2.32. The number of hydrogen-bond donors (Lipinski definition) is 4. The molecule has 0 saturated heterocycles. The standard InChI is InChI=1S/C32H53N3O6/c1-20(2)22(15-21-11-12-25(40-9)26(16-21)41-14-10-13-39-8)17-23(33)24(36)18-34-27-28(30(38)29(27)37)35-32(6,7)19-31(3,4)5/h11-12,16,20,22-24,34-36H,10,13-15,17-19,33H2,1-9H3/t22-,23-,24-/m0/s1. The largest absolute Gasteiger partial charge is 0.493 e. The highest BCUT2D eigenvalue weighted by molar-refractivity contribution is 5.74. The molecule has 2 aromatic carbocycles. The number of rotatable bonds is 18. The molecule has 0 aliphatic carbocycles. The molecule has 0 bridgehead atoms. The molecule has 0 saturated carbocycles. The first-order valence-corrected chi connectivity index (χ1v) is 14.7. The first-order valence-electron chi connectivity index (χ1n) is 14.7. The summed E-state index contributed by atoms with van der Waals surface area (Å²) < 4.78 is 16.5. The second kappa shape index (κ2) is 15.0. The van der Waals surface area contributed by atoms with Crippen molar-refractivity contribution >= 4 is 11.4 Å². The van der Waals surface area contributed by atoms with E-state index in [1.807, 2.05) is 32.0 Å². The van der Waals surface area contributed by atoms with Gasteiger partial charge in [0.15, 0.2) is 11.5 Å². The third-order valence-electron chi connectivity index (χ3n) is 7.32. The van der Waals surface area contributed by atoms with Gasteiger partial charge in [-0.2, -0.15) is 0 Å². The summed E-state index contributed by atoms with van der Waals surface area (Å²) in [4.78, 5) is 24.6. The van der Waals surface area contributed by atoms with Gasteiger partial charge in [0.2, 0.25) is 0 Å². The normalized spacial score (nSPS) is 14.6. The maximum Gasteiger partial charge on any atom is 0.253 e. The molecule has 9 nitrogen and oxygen atoms in total. The highest BCUT2D eigenvalue weighted by atomic mass is 16.5. The minimum Gasteiger partial charge on any atom is -0.493 e. The molecule has 0 fully saturated rings. The lowest BCUT2D eigenvalue weighted by Crippen LogP contribution is -2.46. The number of aliphatic hydroxyl groups excluding tert-OH is 1. The minimum absolute atomic E-state index is 0.0435. The van der Waals surface area contributed by atoms with E-state index in [1.54, 1.807) is 14.2 Å². The van der Waals surface area contributed by atoms with Crippen LogP contribution < -0.4 is 36.7 Å². The molecule has 41 heavy (non-hydrogen) atoms. The van der Waals surface area contributed by atoms with Crippen LogP contribution >= 0.6 is 0 Å². The number of anilines is 2. The Morgan fingerprint density at radius 2 is 1.63 bits per heavy atom. The van der Waals surface area contributed by atoms with E-state index in [-0.39, 0.29) is 34.8 Å². The lowest BCUT2D eigenvalue weighted by Gasteiger charge is -2.35. The van der Waals surface area contributed by atoms with Crippen molar-refractivity contribution in [3.8, 4) is 11.5 Å². The number of aliphatic hydroxyl groups is 1. The lowest BCUT2D eigenvalue weighted by atomic mass is 9.81. The van der Waals surface area contributed by atoms with Gasteiger partial charge in [-0.1, -0.05) is 40.7 Å². The molecule has 3 atom stereocenters. The van der Waals surface area contributed by atoms with E-state index in [1.165, 1.54) is 0 Å². The van der Waals surface area contributed by atoms with Crippen LogP contribution in [0.3, 0.4) is 0 Å². The van der Waals surface area contributed by atoms with Crippen LogP contribution in [0.25, 0.3) is 0 Å². The summed E-state index contributed by atoms with van der Waals surface area (Å²) >= 11 is 0. The third-order valence-corrected chi connectivity index (χ3v) is 7.32. The Kier molecular flexibility index (Phi) is 12.7. The maximum absolute atomic E-state index is 12.3. The maximum atomic E-state index is 12.3. The van der Waals surface area contributed by atoms with Crippen molar-refractivity contribution in [1.29, 1.82) is 0 Å². The van der Waals surface area contributed by atoms with Crippen molar-refractivity contribution in [3.05, 3.63) is 44.2 Å². The summed E-state index contributed by atoms with van der Waals surface area (Å²) in [5, 5.41) is 17.1. The minimum atomic E-state index is -0.897. The van der Waals surface area contributed by atoms with Crippen LogP contribution in [0.2, 0.25) is 0 Å². The lowest BCUT2D eigenvalue weighted by molar-refractivity contribution is 0.137. The number of ether oxygens (including phenoxy) is 3. The van der Waals surface area contributed by atoms with Gasteiger partial charge in [0, 0.05) is 38.3 Å². The number of nitrogens with two attached hydrogens (primary N) is 1. The van der Waals surface area contributed by atoms with E-state index < -0.39 is 23.0 Å². The first-order chi connectivity index (χ1) is 19.1. The van der Waals surface area contributed by atoms with Gasteiger partial charge in [0.1, 0.15) is 11.4 Å². The van der Waals surface area contributed by atoms with Crippen LogP contribution in [0, 0.1) is 17.3 Å². The van der Waals surface area contributed by atoms with E-state index in [0.29, 0.717) is 37.1 Å². The fourth-order valence-corrected chi connectivity index (χ4v) is 5.49. The fourth-order valence-electron chi connectivity index (χ4n) is 5.49. The van der Waals surface area contributed by atoms with E-state index >= 15 is 0 Å². The van der Waals surface area contributed by atoms with Crippen molar-refractivity contribution in [2.24, 2.45) is 23.0 Å². The van der Waals surface area contributed by atoms with Gasteiger partial charge in [-0.25, -0.2) is 0 Å². The van der Waals surface area contributed by atoms with Crippen molar-refractivity contribution in [1.82, 2.24) is 0 Å². The highest BCUT2D eigenvalue weighted by Gasteiger charge is 2.31. The molecule has 0 radical (unpaired) electrons. The smallest absolute Gasteiger partial charge is 0.253 e. The molecule has 232 valence electrons. The summed E-state index contributed by atoms with van der Waals surface area (Å²) in [5.41, 5.74) is 6.63. The van der Waals surface area contributed by atoms with Crippen LogP contribution in [0.5, 0.6) is 11.5 Å². The molecule has 5 N–H and O–H groups in total. The second-order valence-corrected chi connectivity index (χ2v) is 13.4. The number of benzene rings is 1. The van der Waals surface area contributed by atoms with E-state index in [0.717, 1.165) is 24.8 Å². The monoisotopic (exact) mass is 575 g/mol. The van der Waals surface area contributed by atoms with Crippen LogP contribution in [0.15, 0.2) is 27.8 Å². The zero-order valence-electron chi connectivity index (χ0n) is 26.6. The van der Waals surface area contributed by atoms with Crippen molar-refractivity contribution in [2.75, 3.05) is 44.6 Å². The molecule has 0 heterocycles. The Morgan fingerprint density at radius 3 is 2.22 bits per heavy atom. The van der Waals surface area contributed by atoms with E-state index in [2.05, 4.69) is 45.3 Å². The number of nitrogens with one attached hydrogen (secondary N) is 2. The predicted molar refractivity (Wildman–Crippen MR) is 167 cm³/mol. The summed E-state index contributed by atoms with van der Waals surface area (Å²) in [7, 11) is 3.29. The van der Waals surface area contributed by atoms with Gasteiger partial charge in [-0.15, -0.1) is 0 Å². The van der Waals surface area contributed by atoms with Crippen LogP contribution in [-0.2, 0) is 11.2 Å². The van der Waals surface area contributed by atoms with Crippen LogP contribution in [0.4, 0.5) is 11.4 Å². The topological polar surface area (TPSA) is 132 Å². The first kappa shape index (κ1) is 34.6. The van der Waals surface area contributed by atoms with Crippen LogP contribution in [0.1, 0.15) is 73.3 Å². The average Bonchev–Trinajstić information content (AvgIpc) is 2.88. The molecule has 2 rings (SSSR count). The molecule has 9 heteroatoms. The van der Waals surface area contributed by atoms with Crippen molar-refractivity contribution in [2.45, 2.75) is 91.8 Å². The van der Waals surface area contributed by atoms with Crippen LogP contribution in [-0.4, -0.2) is 56.8 Å². The van der Waals surface area contributed by atoms with Gasteiger partial charge in [0.05, 0.1) is 19.8 Å². The van der Waals surface area contributed by atoms with Gasteiger partial charge >= 0.3 is 0 Å². The summed E-state index contributed by atoms with van der Waals surface area (Å²) in [5.74, 6) is 1.90. The molecular weight excluding hydrogens is 522 g/mol. The van der Waals surface area contributed by atoms with E-state index in [4.69, 9.17) is 19.9 Å². The van der Waals surface area contributed by atoms with Crippen molar-refractivity contribution in [3.63, 3.8) is 0 Å². The third kappa shape index (κ3) is 10.6. The predicted octanol–water partition coefficient (Wildman–Crippen LogP) is 4.34. The molecule has 0 amide bonds. The zero-order valence-corrected chi connectivity index (χ0v) is 26.6. The van der Waals surface area contributed by atoms with Gasteiger partial charge in [-0.3, -0.25) is 9.59 Å². The molecule has 0 unspecified atom stereocenters. The van der Waals surface area contributed by atoms with Gasteiger partial charge < -0.3 is 35.7 Å². The summed E-state index contributed by atoms with van der Waals surface area (Å²) in [6.45, 7) is 15.9. The molecule has 0 spiro atoms. The molecule has 2 aromatic rings.